The fourth-order valence-corrected chi connectivity index (χ4v) is 13.0. The number of hydrogen-bond acceptors (Lipinski definition) is 0. The van der Waals surface area contributed by atoms with E-state index in [1.165, 1.54) is 88.4 Å². The van der Waals surface area contributed by atoms with Crippen molar-refractivity contribution in [2.24, 2.45) is 35.5 Å². The summed E-state index contributed by atoms with van der Waals surface area (Å²) in [6, 6.07) is 48.0. The summed E-state index contributed by atoms with van der Waals surface area (Å²) in [4.78, 5) is 0. The van der Waals surface area contributed by atoms with E-state index in [0.717, 1.165) is 12.8 Å². The second-order valence-electron chi connectivity index (χ2n) is 19.2. The minimum atomic E-state index is -0.329. The summed E-state index contributed by atoms with van der Waals surface area (Å²) < 4.78 is 0. The van der Waals surface area contributed by atoms with Crippen molar-refractivity contribution in [3.63, 3.8) is 0 Å². The highest BCUT2D eigenvalue weighted by molar-refractivity contribution is 5.87. The van der Waals surface area contributed by atoms with E-state index < -0.39 is 0 Å². The van der Waals surface area contributed by atoms with Gasteiger partial charge in [0.1, 0.15) is 0 Å². The van der Waals surface area contributed by atoms with Crippen LogP contribution in [0.4, 0.5) is 0 Å². The molecule has 67 heavy (non-hydrogen) atoms. The molecule has 0 saturated carbocycles. The molecule has 0 N–H and O–H groups in total. The molecule has 5 aromatic rings. The van der Waals surface area contributed by atoms with Gasteiger partial charge in [0.25, 0.3) is 0 Å². The van der Waals surface area contributed by atoms with Crippen molar-refractivity contribution in [3.8, 4) is 11.1 Å². The maximum Gasteiger partial charge on any atom is 0.0676 e. The molecule has 6 atom stereocenters. The monoisotopic (exact) mass is 856 g/mol. The maximum atomic E-state index is 2.50. The molecule has 0 radical (unpaired) electrons. The first kappa shape index (κ1) is 39.8. The Hall–Kier alpha value is -7.54. The van der Waals surface area contributed by atoms with Crippen molar-refractivity contribution in [1.82, 2.24) is 0 Å². The minimum Gasteiger partial charge on any atom is -0.0767 e. The first-order chi connectivity index (χ1) is 33.3. The predicted molar refractivity (Wildman–Crippen MR) is 280 cm³/mol. The molecule has 0 aromatic heterocycles. The van der Waals surface area contributed by atoms with Crippen LogP contribution in [0.3, 0.4) is 0 Å². The van der Waals surface area contributed by atoms with Gasteiger partial charge >= 0.3 is 0 Å². The van der Waals surface area contributed by atoms with Crippen LogP contribution in [0.5, 0.6) is 0 Å². The Morgan fingerprint density at radius 2 is 0.985 bits per heavy atom. The van der Waals surface area contributed by atoms with Gasteiger partial charge in [0.2, 0.25) is 0 Å². The molecule has 5 aromatic carbocycles. The molecule has 0 heterocycles. The van der Waals surface area contributed by atoms with Gasteiger partial charge in [-0.3, -0.25) is 0 Å². The third kappa shape index (κ3) is 6.41. The Labute approximate surface area is 395 Å². The number of fused-ring (bicyclic) bond motifs is 7. The molecule has 0 spiro atoms. The van der Waals surface area contributed by atoms with Gasteiger partial charge in [0.05, 0.1) is 5.41 Å². The van der Waals surface area contributed by atoms with Crippen LogP contribution in [-0.4, -0.2) is 0 Å². The molecule has 0 heteroatoms. The second kappa shape index (κ2) is 16.4. The van der Waals surface area contributed by atoms with Gasteiger partial charge in [0, 0.05) is 35.5 Å². The van der Waals surface area contributed by atoms with Crippen LogP contribution >= 0.6 is 0 Å². The van der Waals surface area contributed by atoms with E-state index in [2.05, 4.69) is 255 Å². The summed E-state index contributed by atoms with van der Waals surface area (Å²) in [5, 5.41) is 2.72. The lowest BCUT2D eigenvalue weighted by atomic mass is 9.64. The molecule has 0 amide bonds. The molecule has 6 unspecified atom stereocenters. The van der Waals surface area contributed by atoms with E-state index in [-0.39, 0.29) is 17.3 Å². The summed E-state index contributed by atoms with van der Waals surface area (Å²) in [5.74, 6) is 1.99. The zero-order chi connectivity index (χ0) is 44.3. The molecule has 13 rings (SSSR count). The Bertz CT molecular complexity index is 3360. The Morgan fingerprint density at radius 3 is 1.70 bits per heavy atom. The van der Waals surface area contributed by atoms with Gasteiger partial charge in [-0.25, -0.2) is 0 Å². The van der Waals surface area contributed by atoms with Crippen LogP contribution in [0, 0.1) is 35.5 Å². The number of rotatable bonds is 7. The minimum absolute atomic E-state index is 0.244. The van der Waals surface area contributed by atoms with Crippen molar-refractivity contribution in [2.45, 2.75) is 18.3 Å². The average molecular weight is 857 g/mol. The molecule has 8 aliphatic carbocycles. The van der Waals surface area contributed by atoms with Crippen LogP contribution in [0.1, 0.15) is 40.7 Å². The number of hydrogen-bond donors (Lipinski definition) is 0. The third-order valence-electron chi connectivity index (χ3n) is 15.9. The van der Waals surface area contributed by atoms with Gasteiger partial charge in [-0.1, -0.05) is 261 Å². The standard InChI is InChI=1S/C67H52/c1-2-19-50(20-3-1)67(63-31-14-12-24-57(63)58-25-13-15-32-64(58)67)51-42-39-49(40-43-51)66-61-28-10-8-26-59(61)65(60-27-9-11-29-62(60)66)48-37-34-45(35-38-48)33-36-47-41-44-56(54-23-7-6-22-53(47)54)55-30-16-18-46-17-4-5-21-52(46)55/h1-39,41-42,44,46,52-54,59,61H,40,43H2. The molecule has 320 valence electrons. The molecule has 0 fully saturated rings. The average Bonchev–Trinajstić information content (AvgIpc) is 3.71. The van der Waals surface area contributed by atoms with Gasteiger partial charge in [-0.15, -0.1) is 0 Å². The highest BCUT2D eigenvalue weighted by atomic mass is 14.5. The summed E-state index contributed by atoms with van der Waals surface area (Å²) in [6.07, 6.45) is 51.1. The normalized spacial score (nSPS) is 25.5. The van der Waals surface area contributed by atoms with Crippen molar-refractivity contribution in [2.75, 3.05) is 0 Å². The quantitative estimate of drug-likeness (QED) is 0.153. The van der Waals surface area contributed by atoms with Crippen LogP contribution in [-0.2, 0) is 5.41 Å². The fourth-order valence-electron chi connectivity index (χ4n) is 13.0. The van der Waals surface area contributed by atoms with E-state index in [1.54, 1.807) is 0 Å². The first-order valence-corrected chi connectivity index (χ1v) is 24.4. The van der Waals surface area contributed by atoms with Crippen molar-refractivity contribution in [1.29, 1.82) is 0 Å². The molecule has 0 bridgehead atoms. The van der Waals surface area contributed by atoms with Crippen LogP contribution in [0.25, 0.3) is 28.3 Å². The zero-order valence-corrected chi connectivity index (χ0v) is 37.6. The third-order valence-corrected chi connectivity index (χ3v) is 15.9. The Balaban J connectivity index is 0.861. The topological polar surface area (TPSA) is 0 Å². The van der Waals surface area contributed by atoms with Crippen LogP contribution in [0.2, 0.25) is 0 Å². The van der Waals surface area contributed by atoms with Gasteiger partial charge in [-0.2, -0.15) is 0 Å². The summed E-state index contributed by atoms with van der Waals surface area (Å²) in [7, 11) is 0. The van der Waals surface area contributed by atoms with Crippen LogP contribution < -0.4 is 10.4 Å². The van der Waals surface area contributed by atoms with Crippen LogP contribution in [0.15, 0.2) is 277 Å². The highest BCUT2D eigenvalue weighted by Crippen LogP contribution is 2.58. The summed E-state index contributed by atoms with van der Waals surface area (Å²) >= 11 is 0. The lowest BCUT2D eigenvalue weighted by molar-refractivity contribution is 0.564. The highest BCUT2D eigenvalue weighted by Gasteiger charge is 2.47. The van der Waals surface area contributed by atoms with Gasteiger partial charge < -0.3 is 0 Å². The Kier molecular flexibility index (Phi) is 9.75. The number of allylic oxidation sites excluding steroid dienone is 25. The molecular formula is C67H52. The van der Waals surface area contributed by atoms with Gasteiger partial charge in [-0.05, 0) is 95.7 Å². The molecule has 8 aliphatic rings. The first-order valence-electron chi connectivity index (χ1n) is 24.4. The largest absolute Gasteiger partial charge is 0.0767 e. The maximum absolute atomic E-state index is 2.50. The van der Waals surface area contributed by atoms with Crippen molar-refractivity contribution >= 4 is 17.2 Å². The van der Waals surface area contributed by atoms with E-state index in [9.17, 15) is 0 Å². The van der Waals surface area contributed by atoms with Crippen molar-refractivity contribution < 1.29 is 0 Å². The second-order valence-corrected chi connectivity index (χ2v) is 19.2. The van der Waals surface area contributed by atoms with E-state index in [1.807, 2.05) is 0 Å². The SMILES string of the molecule is C1=CC2C=CC=C(C3=CC=C(C=Cc4ccc(C5=c6ccccc6=C(C6=CC=C(C7(c8ccccc8)c8ccccc8-c8ccccc87)CC6)C6C=CC=CC56)cc4)C4C=CC=CC34)C2C=C1. The summed E-state index contributed by atoms with van der Waals surface area (Å²) in [6.45, 7) is 0. The van der Waals surface area contributed by atoms with E-state index in [0.29, 0.717) is 23.7 Å². The summed E-state index contributed by atoms with van der Waals surface area (Å²) in [5.41, 5.74) is 19.1. The fraction of sp³-hybridized carbons (Fsp3) is 0.134. The molecular weight excluding hydrogens is 805 g/mol. The smallest absolute Gasteiger partial charge is 0.0676 e. The van der Waals surface area contributed by atoms with Gasteiger partial charge in [0.15, 0.2) is 0 Å². The molecule has 0 saturated heterocycles. The Morgan fingerprint density at radius 1 is 0.403 bits per heavy atom. The lowest BCUT2D eigenvalue weighted by Crippen LogP contribution is -2.40. The van der Waals surface area contributed by atoms with E-state index in [4.69, 9.17) is 0 Å². The number of benzene rings is 5. The molecule has 0 aliphatic heterocycles. The van der Waals surface area contributed by atoms with Crippen molar-refractivity contribution in [3.05, 3.63) is 315 Å². The predicted octanol–water partition coefficient (Wildman–Crippen LogP) is 14.2. The lowest BCUT2D eigenvalue weighted by Gasteiger charge is -2.38. The van der Waals surface area contributed by atoms with E-state index >= 15 is 0 Å². The zero-order valence-electron chi connectivity index (χ0n) is 37.6. The molecule has 0 nitrogen and oxygen atoms in total.